The van der Waals surface area contributed by atoms with Crippen molar-refractivity contribution in [2.24, 2.45) is 0 Å². The van der Waals surface area contributed by atoms with Gasteiger partial charge in [0.15, 0.2) is 0 Å². The average Bonchev–Trinajstić information content (AvgIpc) is 3.17. The van der Waals surface area contributed by atoms with Crippen LogP contribution in [0.15, 0.2) is 72.8 Å². The minimum absolute atomic E-state index is 0.0186. The summed E-state index contributed by atoms with van der Waals surface area (Å²) in [5.41, 5.74) is 6.68. The van der Waals surface area contributed by atoms with Crippen LogP contribution < -0.4 is 5.32 Å². The lowest BCUT2D eigenvalue weighted by Gasteiger charge is -2.18. The molecule has 6 nitrogen and oxygen atoms in total. The lowest BCUT2D eigenvalue weighted by atomic mass is 9.98. The summed E-state index contributed by atoms with van der Waals surface area (Å²) in [5.74, 6) is -1.29. The van der Waals surface area contributed by atoms with Gasteiger partial charge in [-0.2, -0.15) is 0 Å². The number of alkyl carbamates (subject to hydrolysis) is 1. The molecular weight excluding hydrogens is 464 g/mol. The number of hydrogen-bond donors (Lipinski definition) is 2. The zero-order valence-electron chi connectivity index (χ0n) is 19.0. The molecule has 1 atom stereocenters. The monoisotopic (exact) mass is 486 g/mol. The molecule has 7 heteroatoms. The quantitative estimate of drug-likeness (QED) is 0.340. The number of carboxylic acids is 1. The van der Waals surface area contributed by atoms with E-state index in [2.05, 4.69) is 22.4 Å². The predicted molar refractivity (Wildman–Crippen MR) is 135 cm³/mol. The number of carbonyl (C=O) groups excluding carboxylic acids is 1. The summed E-state index contributed by atoms with van der Waals surface area (Å²) in [4.78, 5) is 29.0. The molecule has 0 aliphatic heterocycles. The van der Waals surface area contributed by atoms with Gasteiger partial charge in [-0.1, -0.05) is 78.3 Å². The standard InChI is InChI=1S/C28H23ClN2O4/c1-16-7-6-8-17-13-18(26(29)31-25(16)17)14-24(27(32)33)30-28(34)35-15-23-21-11-4-2-9-19(21)20-10-3-5-12-22(20)23/h2-13,23-24H,14-15H2,1H3,(H,30,34)(H,32,33). The summed E-state index contributed by atoms with van der Waals surface area (Å²) >= 11 is 6.36. The Morgan fingerprint density at radius 2 is 1.69 bits per heavy atom. The molecule has 1 aliphatic rings. The number of pyridine rings is 1. The molecule has 3 aromatic carbocycles. The van der Waals surface area contributed by atoms with Crippen molar-refractivity contribution < 1.29 is 19.4 Å². The Bertz CT molecular complexity index is 1410. The molecule has 0 bridgehead atoms. The van der Waals surface area contributed by atoms with Gasteiger partial charge in [0.25, 0.3) is 0 Å². The molecule has 0 saturated heterocycles. The summed E-state index contributed by atoms with van der Waals surface area (Å²) in [7, 11) is 0. The van der Waals surface area contributed by atoms with Crippen molar-refractivity contribution in [3.05, 3.63) is 100 Å². The van der Waals surface area contributed by atoms with Crippen LogP contribution in [0.3, 0.4) is 0 Å². The van der Waals surface area contributed by atoms with Crippen LogP contribution in [0.2, 0.25) is 5.15 Å². The normalized spacial score (nSPS) is 13.2. The van der Waals surface area contributed by atoms with Gasteiger partial charge in [-0.05, 0) is 46.4 Å². The Balaban J connectivity index is 1.30. The van der Waals surface area contributed by atoms with Crippen LogP contribution in [-0.2, 0) is 16.0 Å². The van der Waals surface area contributed by atoms with E-state index >= 15 is 0 Å². The summed E-state index contributed by atoms with van der Waals surface area (Å²) in [6.07, 6.45) is -0.810. The Kier molecular flexibility index (Phi) is 6.14. The first kappa shape index (κ1) is 22.9. The number of halogens is 1. The summed E-state index contributed by atoms with van der Waals surface area (Å²) in [6, 6.07) is 22.4. The Morgan fingerprint density at radius 3 is 2.34 bits per heavy atom. The number of nitrogens with one attached hydrogen (secondary N) is 1. The van der Waals surface area contributed by atoms with Crippen molar-refractivity contribution in [1.82, 2.24) is 10.3 Å². The van der Waals surface area contributed by atoms with Crippen molar-refractivity contribution in [3.63, 3.8) is 0 Å². The summed E-state index contributed by atoms with van der Waals surface area (Å²) in [6.45, 7) is 2.04. The molecule has 0 spiro atoms. The van der Waals surface area contributed by atoms with Crippen LogP contribution in [-0.4, -0.2) is 34.8 Å². The van der Waals surface area contributed by atoms with Crippen LogP contribution in [0, 0.1) is 6.92 Å². The number of rotatable bonds is 6. The Morgan fingerprint density at radius 1 is 1.03 bits per heavy atom. The van der Waals surface area contributed by atoms with Crippen molar-refractivity contribution in [2.45, 2.75) is 25.3 Å². The molecule has 1 heterocycles. The van der Waals surface area contributed by atoms with E-state index in [1.165, 1.54) is 0 Å². The maximum Gasteiger partial charge on any atom is 0.407 e. The van der Waals surface area contributed by atoms with Gasteiger partial charge in [-0.15, -0.1) is 0 Å². The van der Waals surface area contributed by atoms with Gasteiger partial charge < -0.3 is 15.2 Å². The van der Waals surface area contributed by atoms with Gasteiger partial charge in [-0.25, -0.2) is 14.6 Å². The van der Waals surface area contributed by atoms with E-state index in [9.17, 15) is 14.7 Å². The minimum Gasteiger partial charge on any atom is -0.480 e. The number of nitrogens with zero attached hydrogens (tertiary/aromatic N) is 1. The van der Waals surface area contributed by atoms with Crippen molar-refractivity contribution >= 4 is 34.6 Å². The van der Waals surface area contributed by atoms with Crippen LogP contribution in [0.25, 0.3) is 22.0 Å². The second kappa shape index (κ2) is 9.39. The predicted octanol–water partition coefficient (Wildman–Crippen LogP) is 5.73. The van der Waals surface area contributed by atoms with Gasteiger partial charge in [0.1, 0.15) is 17.8 Å². The smallest absolute Gasteiger partial charge is 0.407 e. The largest absolute Gasteiger partial charge is 0.480 e. The maximum atomic E-state index is 12.6. The zero-order valence-corrected chi connectivity index (χ0v) is 19.8. The third-order valence-electron chi connectivity index (χ3n) is 6.43. The van der Waals surface area contributed by atoms with Crippen LogP contribution >= 0.6 is 11.6 Å². The number of fused-ring (bicyclic) bond motifs is 4. The second-order valence-corrected chi connectivity index (χ2v) is 9.01. The van der Waals surface area contributed by atoms with Crippen molar-refractivity contribution in [1.29, 1.82) is 0 Å². The number of amides is 1. The highest BCUT2D eigenvalue weighted by Gasteiger charge is 2.30. The molecule has 176 valence electrons. The lowest BCUT2D eigenvalue weighted by Crippen LogP contribution is -2.43. The fraction of sp³-hybridized carbons (Fsp3) is 0.179. The number of aryl methyl sites for hydroxylation is 1. The van der Waals surface area contributed by atoms with Gasteiger partial charge in [0, 0.05) is 17.7 Å². The first-order valence-electron chi connectivity index (χ1n) is 11.3. The Labute approximate surface area is 207 Å². The molecule has 1 aliphatic carbocycles. The number of carboxylic acid groups (broad SMARTS) is 1. The number of carbonyl (C=O) groups is 2. The summed E-state index contributed by atoms with van der Waals surface area (Å²) in [5, 5.41) is 13.3. The topological polar surface area (TPSA) is 88.5 Å². The molecule has 5 rings (SSSR count). The van der Waals surface area contributed by atoms with Gasteiger partial charge >= 0.3 is 12.1 Å². The molecule has 1 aromatic heterocycles. The van der Waals surface area contributed by atoms with E-state index in [4.69, 9.17) is 16.3 Å². The van der Waals surface area contributed by atoms with E-state index in [1.807, 2.05) is 67.6 Å². The van der Waals surface area contributed by atoms with Crippen molar-refractivity contribution in [2.75, 3.05) is 6.61 Å². The molecule has 0 radical (unpaired) electrons. The van der Waals surface area contributed by atoms with Gasteiger partial charge in [0.2, 0.25) is 0 Å². The minimum atomic E-state index is -1.22. The van der Waals surface area contributed by atoms with Crippen LogP contribution in [0.5, 0.6) is 0 Å². The Hall–Kier alpha value is -3.90. The van der Waals surface area contributed by atoms with E-state index in [-0.39, 0.29) is 24.1 Å². The van der Waals surface area contributed by atoms with Gasteiger partial charge in [0.05, 0.1) is 5.52 Å². The molecule has 0 saturated carbocycles. The molecule has 1 amide bonds. The number of ether oxygens (including phenoxy) is 1. The molecule has 0 fully saturated rings. The van der Waals surface area contributed by atoms with E-state index in [0.29, 0.717) is 5.56 Å². The lowest BCUT2D eigenvalue weighted by molar-refractivity contribution is -0.139. The molecule has 2 N–H and O–H groups in total. The highest BCUT2D eigenvalue weighted by Crippen LogP contribution is 2.44. The molecule has 35 heavy (non-hydrogen) atoms. The average molecular weight is 487 g/mol. The first-order valence-corrected chi connectivity index (χ1v) is 11.7. The number of para-hydroxylation sites is 1. The van der Waals surface area contributed by atoms with E-state index < -0.39 is 18.1 Å². The number of aliphatic carboxylic acids is 1. The number of hydrogen-bond acceptors (Lipinski definition) is 4. The van der Waals surface area contributed by atoms with Crippen molar-refractivity contribution in [3.8, 4) is 11.1 Å². The van der Waals surface area contributed by atoms with E-state index in [0.717, 1.165) is 38.7 Å². The maximum absolute atomic E-state index is 12.6. The van der Waals surface area contributed by atoms with Crippen LogP contribution in [0.4, 0.5) is 4.79 Å². The first-order chi connectivity index (χ1) is 16.9. The molecule has 4 aromatic rings. The molecular formula is C28H23ClN2O4. The third kappa shape index (κ3) is 4.45. The molecule has 1 unspecified atom stereocenters. The van der Waals surface area contributed by atoms with E-state index in [1.54, 1.807) is 0 Å². The van der Waals surface area contributed by atoms with Gasteiger partial charge in [-0.3, -0.25) is 0 Å². The van der Waals surface area contributed by atoms with Crippen LogP contribution in [0.1, 0.15) is 28.2 Å². The SMILES string of the molecule is Cc1cccc2cc(CC(NC(=O)OCC3c4ccccc4-c4ccccc43)C(=O)O)c(Cl)nc12. The highest BCUT2D eigenvalue weighted by atomic mass is 35.5. The fourth-order valence-electron chi connectivity index (χ4n) is 4.71. The third-order valence-corrected chi connectivity index (χ3v) is 6.76. The number of aromatic nitrogens is 1. The second-order valence-electron chi connectivity index (χ2n) is 8.65. The fourth-order valence-corrected chi connectivity index (χ4v) is 4.93. The summed E-state index contributed by atoms with van der Waals surface area (Å²) < 4.78 is 5.51. The highest BCUT2D eigenvalue weighted by molar-refractivity contribution is 6.30. The number of benzene rings is 3. The zero-order chi connectivity index (χ0) is 24.5.